The van der Waals surface area contributed by atoms with Gasteiger partial charge in [0.05, 0.1) is 28.9 Å². The lowest BCUT2D eigenvalue weighted by atomic mass is 10.3. The van der Waals surface area contributed by atoms with E-state index in [1.54, 1.807) is 18.2 Å². The van der Waals surface area contributed by atoms with Crippen molar-refractivity contribution in [1.82, 2.24) is 4.90 Å². The van der Waals surface area contributed by atoms with Crippen molar-refractivity contribution in [2.45, 2.75) is 18.9 Å². The zero-order valence-corrected chi connectivity index (χ0v) is 11.9. The fourth-order valence-electron chi connectivity index (χ4n) is 1.93. The first-order chi connectivity index (χ1) is 9.11. The Bertz CT molecular complexity index is 464. The van der Waals surface area contributed by atoms with Gasteiger partial charge in [-0.3, -0.25) is 9.69 Å². The maximum absolute atomic E-state index is 12.0. The van der Waals surface area contributed by atoms with Crippen molar-refractivity contribution < 1.29 is 9.90 Å². The van der Waals surface area contributed by atoms with Gasteiger partial charge < -0.3 is 10.4 Å². The summed E-state index contributed by atoms with van der Waals surface area (Å²) in [7, 11) is 0. The van der Waals surface area contributed by atoms with Crippen LogP contribution in [0.25, 0.3) is 0 Å². The number of nitrogens with zero attached hydrogens (tertiary/aromatic N) is 1. The Morgan fingerprint density at radius 1 is 1.42 bits per heavy atom. The Morgan fingerprint density at radius 3 is 2.79 bits per heavy atom. The third kappa shape index (κ3) is 4.08. The normalized spacial score (nSPS) is 14.7. The van der Waals surface area contributed by atoms with Crippen LogP contribution in [0.1, 0.15) is 12.8 Å². The van der Waals surface area contributed by atoms with Crippen LogP contribution in [0.4, 0.5) is 5.69 Å². The van der Waals surface area contributed by atoms with E-state index in [0.717, 1.165) is 12.8 Å². The van der Waals surface area contributed by atoms with Gasteiger partial charge in [0.15, 0.2) is 0 Å². The first-order valence-corrected chi connectivity index (χ1v) is 6.96. The zero-order valence-electron chi connectivity index (χ0n) is 10.4. The van der Waals surface area contributed by atoms with Crippen LogP contribution in [0.2, 0.25) is 10.0 Å². The number of anilines is 1. The summed E-state index contributed by atoms with van der Waals surface area (Å²) in [5.74, 6) is -0.149. The minimum absolute atomic E-state index is 0.0572. The number of halogens is 2. The van der Waals surface area contributed by atoms with E-state index in [9.17, 15) is 4.79 Å². The number of nitrogens with one attached hydrogen (secondary N) is 1. The first-order valence-electron chi connectivity index (χ1n) is 6.20. The maximum Gasteiger partial charge on any atom is 0.238 e. The van der Waals surface area contributed by atoms with E-state index in [0.29, 0.717) is 28.3 Å². The lowest BCUT2D eigenvalue weighted by Gasteiger charge is -2.20. The molecule has 0 unspecified atom stereocenters. The molecule has 19 heavy (non-hydrogen) atoms. The number of carbonyl (C=O) groups is 1. The molecular weight excluding hydrogens is 287 g/mol. The van der Waals surface area contributed by atoms with Gasteiger partial charge in [-0.15, -0.1) is 0 Å². The van der Waals surface area contributed by atoms with Crippen LogP contribution < -0.4 is 5.32 Å². The minimum atomic E-state index is -0.149. The fourth-order valence-corrected chi connectivity index (χ4v) is 2.28. The predicted molar refractivity (Wildman–Crippen MR) is 76.8 cm³/mol. The molecule has 1 amide bonds. The lowest BCUT2D eigenvalue weighted by molar-refractivity contribution is -0.117. The van der Waals surface area contributed by atoms with E-state index in [1.165, 1.54) is 0 Å². The average molecular weight is 303 g/mol. The predicted octanol–water partition coefficient (Wildman–Crippen LogP) is 2.39. The largest absolute Gasteiger partial charge is 0.395 e. The van der Waals surface area contributed by atoms with Crippen molar-refractivity contribution in [3.63, 3.8) is 0 Å². The molecule has 2 rings (SSSR count). The summed E-state index contributed by atoms with van der Waals surface area (Å²) in [5, 5.41) is 12.5. The highest BCUT2D eigenvalue weighted by atomic mass is 35.5. The standard InChI is InChI=1S/C13H16Cl2N2O2/c14-10-2-1-3-11(13(10)15)16-12(19)8-17(6-7-18)9-4-5-9/h1-3,9,18H,4-8H2,(H,16,19). The van der Waals surface area contributed by atoms with E-state index in [4.69, 9.17) is 28.3 Å². The van der Waals surface area contributed by atoms with E-state index in [1.807, 2.05) is 4.90 Å². The molecule has 0 aliphatic heterocycles. The molecule has 1 aliphatic carbocycles. The Kier molecular flexibility index (Phi) is 5.05. The van der Waals surface area contributed by atoms with Crippen molar-refractivity contribution in [2.75, 3.05) is 25.0 Å². The highest BCUT2D eigenvalue weighted by molar-refractivity contribution is 6.43. The molecule has 0 aromatic heterocycles. The van der Waals surface area contributed by atoms with Crippen molar-refractivity contribution in [3.8, 4) is 0 Å². The van der Waals surface area contributed by atoms with Gasteiger partial charge in [-0.2, -0.15) is 0 Å². The maximum atomic E-state index is 12.0. The minimum Gasteiger partial charge on any atom is -0.395 e. The van der Waals surface area contributed by atoms with Crippen LogP contribution >= 0.6 is 23.2 Å². The van der Waals surface area contributed by atoms with Crippen molar-refractivity contribution in [2.24, 2.45) is 0 Å². The summed E-state index contributed by atoms with van der Waals surface area (Å²) >= 11 is 11.9. The van der Waals surface area contributed by atoms with Crippen LogP contribution in [-0.4, -0.2) is 41.7 Å². The van der Waals surface area contributed by atoms with Crippen LogP contribution in [0, 0.1) is 0 Å². The molecular formula is C13H16Cl2N2O2. The van der Waals surface area contributed by atoms with Gasteiger partial charge in [0.1, 0.15) is 0 Å². The SMILES string of the molecule is O=C(CN(CCO)C1CC1)Nc1cccc(Cl)c1Cl. The van der Waals surface area contributed by atoms with Crippen LogP contribution in [0.3, 0.4) is 0 Å². The monoisotopic (exact) mass is 302 g/mol. The first kappa shape index (κ1) is 14.6. The van der Waals surface area contributed by atoms with Crippen LogP contribution in [0.15, 0.2) is 18.2 Å². The van der Waals surface area contributed by atoms with Gasteiger partial charge in [0, 0.05) is 12.6 Å². The van der Waals surface area contributed by atoms with Crippen molar-refractivity contribution in [3.05, 3.63) is 28.2 Å². The van der Waals surface area contributed by atoms with E-state index >= 15 is 0 Å². The zero-order chi connectivity index (χ0) is 13.8. The summed E-state index contributed by atoms with van der Waals surface area (Å²) in [4.78, 5) is 13.9. The van der Waals surface area contributed by atoms with E-state index in [-0.39, 0.29) is 19.1 Å². The third-order valence-corrected chi connectivity index (χ3v) is 3.84. The Hall–Kier alpha value is -0.810. The van der Waals surface area contributed by atoms with Crippen molar-refractivity contribution in [1.29, 1.82) is 0 Å². The quantitative estimate of drug-likeness (QED) is 0.848. The average Bonchev–Trinajstić information content (AvgIpc) is 3.19. The second-order valence-electron chi connectivity index (χ2n) is 4.57. The van der Waals surface area contributed by atoms with E-state index in [2.05, 4.69) is 5.32 Å². The number of hydrogen-bond donors (Lipinski definition) is 2. The number of rotatable bonds is 6. The van der Waals surface area contributed by atoms with Crippen LogP contribution in [0.5, 0.6) is 0 Å². The van der Waals surface area contributed by atoms with Gasteiger partial charge in [-0.05, 0) is 25.0 Å². The number of aliphatic hydroxyl groups is 1. The molecule has 1 aromatic carbocycles. The van der Waals surface area contributed by atoms with Gasteiger partial charge in [0.2, 0.25) is 5.91 Å². The summed E-state index contributed by atoms with van der Waals surface area (Å²) in [6, 6.07) is 5.53. The van der Waals surface area contributed by atoms with Crippen molar-refractivity contribution >= 4 is 34.8 Å². The molecule has 104 valence electrons. The molecule has 0 heterocycles. The molecule has 1 aliphatic rings. The molecule has 6 heteroatoms. The summed E-state index contributed by atoms with van der Waals surface area (Å²) in [5.41, 5.74) is 0.513. The summed E-state index contributed by atoms with van der Waals surface area (Å²) in [6.45, 7) is 0.830. The summed E-state index contributed by atoms with van der Waals surface area (Å²) < 4.78 is 0. The molecule has 1 aromatic rings. The molecule has 1 saturated carbocycles. The Labute approximate surface area is 122 Å². The third-order valence-electron chi connectivity index (χ3n) is 3.02. The lowest BCUT2D eigenvalue weighted by Crippen LogP contribution is -2.36. The molecule has 0 saturated heterocycles. The van der Waals surface area contributed by atoms with E-state index < -0.39 is 0 Å². The van der Waals surface area contributed by atoms with Gasteiger partial charge in [-0.25, -0.2) is 0 Å². The molecule has 1 fully saturated rings. The molecule has 0 radical (unpaired) electrons. The summed E-state index contributed by atoms with van der Waals surface area (Å²) in [6.07, 6.45) is 2.18. The highest BCUT2D eigenvalue weighted by Crippen LogP contribution is 2.30. The van der Waals surface area contributed by atoms with Gasteiger partial charge in [-0.1, -0.05) is 29.3 Å². The number of amides is 1. The topological polar surface area (TPSA) is 52.6 Å². The number of carbonyl (C=O) groups excluding carboxylic acids is 1. The van der Waals surface area contributed by atoms with Crippen LogP contribution in [-0.2, 0) is 4.79 Å². The Balaban J connectivity index is 1.94. The number of aliphatic hydroxyl groups excluding tert-OH is 1. The highest BCUT2D eigenvalue weighted by Gasteiger charge is 2.29. The van der Waals surface area contributed by atoms with Gasteiger partial charge >= 0.3 is 0 Å². The van der Waals surface area contributed by atoms with Gasteiger partial charge in [0.25, 0.3) is 0 Å². The Morgan fingerprint density at radius 2 is 2.16 bits per heavy atom. The second-order valence-corrected chi connectivity index (χ2v) is 5.36. The number of hydrogen-bond acceptors (Lipinski definition) is 3. The molecule has 0 bridgehead atoms. The number of benzene rings is 1. The second kappa shape index (κ2) is 6.57. The molecule has 0 spiro atoms. The molecule has 0 atom stereocenters. The molecule has 2 N–H and O–H groups in total. The smallest absolute Gasteiger partial charge is 0.238 e. The molecule has 4 nitrogen and oxygen atoms in total. The fraction of sp³-hybridized carbons (Fsp3) is 0.462.